The zero-order chi connectivity index (χ0) is 12.3. The molecule has 0 unspecified atom stereocenters. The summed E-state index contributed by atoms with van der Waals surface area (Å²) in [4.78, 5) is 0. The third-order valence-corrected chi connectivity index (χ3v) is 2.75. The Morgan fingerprint density at radius 1 is 1.41 bits per heavy atom. The number of halogens is 2. The van der Waals surface area contributed by atoms with Crippen molar-refractivity contribution in [2.45, 2.75) is 13.3 Å². The number of hydrogen-bond acceptors (Lipinski definition) is 3. The van der Waals surface area contributed by atoms with Gasteiger partial charge in [-0.05, 0) is 19.4 Å². The molecule has 2 rings (SSSR count). The van der Waals surface area contributed by atoms with Crippen LogP contribution in [-0.4, -0.2) is 26.9 Å². The minimum atomic E-state index is -0.666. The fourth-order valence-electron chi connectivity index (χ4n) is 1.67. The van der Waals surface area contributed by atoms with Crippen LogP contribution in [0.2, 0.25) is 5.02 Å². The predicted octanol–water partition coefficient (Wildman–Crippen LogP) is 2.01. The average Bonchev–Trinajstić information content (AvgIpc) is 2.36. The van der Waals surface area contributed by atoms with E-state index in [0.717, 1.165) is 6.42 Å². The fourth-order valence-corrected chi connectivity index (χ4v) is 1.87. The molecule has 0 amide bonds. The lowest BCUT2D eigenvalue weighted by Crippen LogP contribution is -2.42. The monoisotopic (exact) mass is 258 g/mol. The highest BCUT2D eigenvalue weighted by molar-refractivity contribution is 6.61. The van der Waals surface area contributed by atoms with Crippen LogP contribution in [0.25, 0.3) is 0 Å². The zero-order valence-electron chi connectivity index (χ0n) is 9.54. The average molecular weight is 258 g/mol. The second-order valence-corrected chi connectivity index (χ2v) is 4.05. The lowest BCUT2D eigenvalue weighted by Gasteiger charge is -2.21. The van der Waals surface area contributed by atoms with Crippen molar-refractivity contribution in [3.05, 3.63) is 23.0 Å². The second kappa shape index (κ2) is 5.71. The van der Waals surface area contributed by atoms with E-state index in [-0.39, 0.29) is 10.8 Å². The number of hydrogen-bond donors (Lipinski definition) is 0. The van der Waals surface area contributed by atoms with Crippen LogP contribution in [0.15, 0.2) is 12.1 Å². The van der Waals surface area contributed by atoms with E-state index < -0.39 is 12.9 Å². The first kappa shape index (κ1) is 12.7. The Hall–Kier alpha value is -0.775. The quantitative estimate of drug-likeness (QED) is 0.776. The Bertz CT molecular complexity index is 397. The molecule has 1 aromatic carbocycles. The van der Waals surface area contributed by atoms with E-state index in [9.17, 15) is 4.39 Å². The Labute approximate surface area is 105 Å². The van der Waals surface area contributed by atoms with Crippen molar-refractivity contribution >= 4 is 24.2 Å². The third-order valence-electron chi connectivity index (χ3n) is 2.45. The molecule has 1 saturated heterocycles. The van der Waals surface area contributed by atoms with E-state index in [1.54, 1.807) is 19.1 Å². The highest BCUT2D eigenvalue weighted by atomic mass is 35.5. The smallest absolute Gasteiger partial charge is 0.489 e. The Balaban J connectivity index is 2.30. The van der Waals surface area contributed by atoms with Crippen LogP contribution in [-0.2, 0) is 9.31 Å². The van der Waals surface area contributed by atoms with Crippen LogP contribution < -0.4 is 10.2 Å². The molecule has 0 atom stereocenters. The molecule has 1 aliphatic heterocycles. The normalized spacial score (nSPS) is 16.1. The molecular formula is C11H13BClFO3. The topological polar surface area (TPSA) is 27.7 Å². The Morgan fingerprint density at radius 2 is 2.12 bits per heavy atom. The van der Waals surface area contributed by atoms with E-state index in [1.165, 1.54) is 0 Å². The summed E-state index contributed by atoms with van der Waals surface area (Å²) in [6.07, 6.45) is 0.823. The minimum Gasteiger partial charge on any atom is -0.489 e. The van der Waals surface area contributed by atoms with Gasteiger partial charge in [0.25, 0.3) is 0 Å². The second-order valence-electron chi connectivity index (χ2n) is 3.64. The van der Waals surface area contributed by atoms with Gasteiger partial charge in [-0.2, -0.15) is 0 Å². The number of rotatable bonds is 3. The van der Waals surface area contributed by atoms with Crippen LogP contribution in [0, 0.1) is 5.82 Å². The summed E-state index contributed by atoms with van der Waals surface area (Å²) in [5.41, 5.74) is 0.331. The van der Waals surface area contributed by atoms with Gasteiger partial charge in [0.1, 0.15) is 0 Å². The Morgan fingerprint density at radius 3 is 2.76 bits per heavy atom. The van der Waals surface area contributed by atoms with Gasteiger partial charge >= 0.3 is 7.12 Å². The molecule has 0 bridgehead atoms. The predicted molar refractivity (Wildman–Crippen MR) is 64.5 cm³/mol. The molecule has 92 valence electrons. The van der Waals surface area contributed by atoms with Crippen LogP contribution in [0.1, 0.15) is 13.3 Å². The lowest BCUT2D eigenvalue weighted by atomic mass is 9.77. The maximum Gasteiger partial charge on any atom is 0.497 e. The molecule has 17 heavy (non-hydrogen) atoms. The molecule has 0 spiro atoms. The molecule has 1 aromatic rings. The highest BCUT2D eigenvalue weighted by Crippen LogP contribution is 2.26. The fraction of sp³-hybridized carbons (Fsp3) is 0.455. The molecule has 0 aromatic heterocycles. The Kier molecular flexibility index (Phi) is 4.26. The van der Waals surface area contributed by atoms with E-state index in [1.807, 2.05) is 0 Å². The summed E-state index contributed by atoms with van der Waals surface area (Å²) in [6, 6.07) is 3.16. The van der Waals surface area contributed by atoms with Crippen LogP contribution in [0.5, 0.6) is 5.75 Å². The molecule has 1 aliphatic rings. The zero-order valence-corrected chi connectivity index (χ0v) is 10.3. The molecule has 0 saturated carbocycles. The van der Waals surface area contributed by atoms with Crippen molar-refractivity contribution in [2.75, 3.05) is 19.8 Å². The van der Waals surface area contributed by atoms with Gasteiger partial charge in [0.05, 0.1) is 11.6 Å². The molecule has 3 nitrogen and oxygen atoms in total. The minimum absolute atomic E-state index is 0.0597. The molecule has 1 heterocycles. The lowest BCUT2D eigenvalue weighted by molar-refractivity contribution is 0.142. The molecular weight excluding hydrogens is 245 g/mol. The van der Waals surface area contributed by atoms with Crippen molar-refractivity contribution in [1.29, 1.82) is 0 Å². The SMILES string of the molecule is CCOc1c(Cl)ccc(B2OCCCO2)c1F. The van der Waals surface area contributed by atoms with Crippen LogP contribution in [0.3, 0.4) is 0 Å². The summed E-state index contributed by atoms with van der Waals surface area (Å²) in [6.45, 7) is 3.26. The first-order valence-electron chi connectivity index (χ1n) is 5.58. The van der Waals surface area contributed by atoms with E-state index in [2.05, 4.69) is 0 Å². The maximum absolute atomic E-state index is 14.1. The van der Waals surface area contributed by atoms with E-state index in [0.29, 0.717) is 25.3 Å². The number of benzene rings is 1. The van der Waals surface area contributed by atoms with Gasteiger partial charge in [-0.25, -0.2) is 4.39 Å². The summed E-state index contributed by atoms with van der Waals surface area (Å²) in [7, 11) is -0.666. The van der Waals surface area contributed by atoms with Crippen molar-refractivity contribution in [3.8, 4) is 5.75 Å². The summed E-state index contributed by atoms with van der Waals surface area (Å²) < 4.78 is 30.0. The number of ether oxygens (including phenoxy) is 1. The van der Waals surface area contributed by atoms with Gasteiger partial charge in [-0.15, -0.1) is 0 Å². The third kappa shape index (κ3) is 2.73. The molecule has 1 fully saturated rings. The van der Waals surface area contributed by atoms with Crippen molar-refractivity contribution in [1.82, 2.24) is 0 Å². The van der Waals surface area contributed by atoms with E-state index in [4.69, 9.17) is 25.6 Å². The summed E-state index contributed by atoms with van der Waals surface area (Å²) in [5.74, 6) is -0.448. The van der Waals surface area contributed by atoms with Gasteiger partial charge in [0.15, 0.2) is 11.6 Å². The van der Waals surface area contributed by atoms with Gasteiger partial charge in [-0.3, -0.25) is 0 Å². The van der Waals surface area contributed by atoms with Gasteiger partial charge < -0.3 is 14.0 Å². The van der Waals surface area contributed by atoms with Gasteiger partial charge in [0.2, 0.25) is 0 Å². The molecule has 6 heteroatoms. The molecule has 0 N–H and O–H groups in total. The van der Waals surface area contributed by atoms with Crippen LogP contribution in [0.4, 0.5) is 4.39 Å². The van der Waals surface area contributed by atoms with Gasteiger partial charge in [-0.1, -0.05) is 17.7 Å². The van der Waals surface area contributed by atoms with E-state index >= 15 is 0 Å². The van der Waals surface area contributed by atoms with Crippen molar-refractivity contribution in [2.24, 2.45) is 0 Å². The summed E-state index contributed by atoms with van der Waals surface area (Å²) >= 11 is 5.87. The maximum atomic E-state index is 14.1. The summed E-state index contributed by atoms with van der Waals surface area (Å²) in [5, 5.41) is 0.254. The molecule has 0 aliphatic carbocycles. The first-order chi connectivity index (χ1) is 8.24. The highest BCUT2D eigenvalue weighted by Gasteiger charge is 2.30. The largest absolute Gasteiger partial charge is 0.497 e. The van der Waals surface area contributed by atoms with Gasteiger partial charge in [0, 0.05) is 18.7 Å². The van der Waals surface area contributed by atoms with Crippen molar-refractivity contribution < 1.29 is 18.4 Å². The molecule has 0 radical (unpaired) electrons. The first-order valence-corrected chi connectivity index (χ1v) is 5.95. The standard InChI is InChI=1S/C11H13BClFO3/c1-2-15-11-9(13)5-4-8(10(11)14)12-16-6-3-7-17-12/h4-5H,2-3,6-7H2,1H3. The van der Waals surface area contributed by atoms with Crippen LogP contribution >= 0.6 is 11.6 Å². The van der Waals surface area contributed by atoms with Crippen molar-refractivity contribution in [3.63, 3.8) is 0 Å².